The van der Waals surface area contributed by atoms with Crippen LogP contribution >= 0.6 is 12.6 Å². The maximum absolute atomic E-state index is 11.8. The van der Waals surface area contributed by atoms with Gasteiger partial charge in [0.1, 0.15) is 0 Å². The number of rotatable bonds is 4. The van der Waals surface area contributed by atoms with Gasteiger partial charge in [-0.25, -0.2) is 0 Å². The maximum Gasteiger partial charge on any atom is 0.224 e. The Balaban J connectivity index is 1.92. The van der Waals surface area contributed by atoms with Gasteiger partial charge in [0.2, 0.25) is 5.91 Å². The molecule has 0 bridgehead atoms. The number of benzene rings is 1. The minimum atomic E-state index is 0.108. The molecule has 16 heavy (non-hydrogen) atoms. The summed E-state index contributed by atoms with van der Waals surface area (Å²) in [4.78, 5) is 11.8. The van der Waals surface area contributed by atoms with Gasteiger partial charge >= 0.3 is 0 Å². The summed E-state index contributed by atoms with van der Waals surface area (Å²) in [5.74, 6) is 0.922. The fourth-order valence-electron chi connectivity index (χ4n) is 1.84. The van der Waals surface area contributed by atoms with Crippen LogP contribution in [0.25, 0.3) is 0 Å². The Morgan fingerprint density at radius 2 is 2.25 bits per heavy atom. The predicted molar refractivity (Wildman–Crippen MR) is 69.9 cm³/mol. The zero-order chi connectivity index (χ0) is 11.6. The van der Waals surface area contributed by atoms with Crippen molar-refractivity contribution >= 4 is 24.2 Å². The van der Waals surface area contributed by atoms with Gasteiger partial charge in [-0.3, -0.25) is 4.79 Å². The molecule has 1 fully saturated rings. The largest absolute Gasteiger partial charge is 0.326 e. The summed E-state index contributed by atoms with van der Waals surface area (Å²) in [5, 5.41) is 2.94. The summed E-state index contributed by atoms with van der Waals surface area (Å²) < 4.78 is 0. The molecule has 0 aromatic heterocycles. The minimum absolute atomic E-state index is 0.108. The molecule has 1 N–H and O–H groups in total. The van der Waals surface area contributed by atoms with Crippen LogP contribution < -0.4 is 5.32 Å². The van der Waals surface area contributed by atoms with Gasteiger partial charge in [0, 0.05) is 12.1 Å². The van der Waals surface area contributed by atoms with Crippen LogP contribution in [-0.4, -0.2) is 11.7 Å². The maximum atomic E-state index is 11.8. The van der Waals surface area contributed by atoms with Crippen LogP contribution in [0.4, 0.5) is 5.69 Å². The van der Waals surface area contributed by atoms with Crippen LogP contribution in [0.1, 0.15) is 24.8 Å². The quantitative estimate of drug-likeness (QED) is 0.772. The second-order valence-corrected chi connectivity index (χ2v) is 5.07. The molecular formula is C13H17NOS. The Morgan fingerprint density at radius 3 is 2.81 bits per heavy atom. The molecule has 0 heterocycles. The summed E-state index contributed by atoms with van der Waals surface area (Å²) in [6, 6.07) is 7.88. The van der Waals surface area contributed by atoms with Gasteiger partial charge in [0.25, 0.3) is 0 Å². The molecule has 86 valence electrons. The summed E-state index contributed by atoms with van der Waals surface area (Å²) in [5.41, 5.74) is 2.24. The molecule has 1 amide bonds. The first-order chi connectivity index (χ1) is 7.63. The molecule has 1 aliphatic rings. The van der Waals surface area contributed by atoms with Crippen molar-refractivity contribution < 1.29 is 4.79 Å². The van der Waals surface area contributed by atoms with Crippen molar-refractivity contribution in [2.45, 2.75) is 26.2 Å². The van der Waals surface area contributed by atoms with E-state index in [-0.39, 0.29) is 11.3 Å². The monoisotopic (exact) mass is 235 g/mol. The normalized spacial score (nSPS) is 16.9. The molecule has 0 saturated heterocycles. The smallest absolute Gasteiger partial charge is 0.224 e. The van der Waals surface area contributed by atoms with Crippen molar-refractivity contribution in [3.63, 3.8) is 0 Å². The van der Waals surface area contributed by atoms with E-state index in [0.29, 0.717) is 6.42 Å². The van der Waals surface area contributed by atoms with E-state index >= 15 is 0 Å². The molecule has 0 atom stereocenters. The van der Waals surface area contributed by atoms with Crippen molar-refractivity contribution in [3.8, 4) is 0 Å². The van der Waals surface area contributed by atoms with Gasteiger partial charge in [-0.05, 0) is 48.6 Å². The zero-order valence-electron chi connectivity index (χ0n) is 9.49. The van der Waals surface area contributed by atoms with Gasteiger partial charge in [-0.2, -0.15) is 12.6 Å². The van der Waals surface area contributed by atoms with Crippen molar-refractivity contribution in [1.29, 1.82) is 0 Å². The lowest BCUT2D eigenvalue weighted by Gasteiger charge is -2.11. The summed E-state index contributed by atoms with van der Waals surface area (Å²) in [7, 11) is 0. The van der Waals surface area contributed by atoms with Crippen molar-refractivity contribution in [2.24, 2.45) is 5.41 Å². The van der Waals surface area contributed by atoms with E-state index in [1.807, 2.05) is 31.2 Å². The fourth-order valence-corrected chi connectivity index (χ4v) is 2.26. The number of nitrogens with one attached hydrogen (secondary N) is 1. The van der Waals surface area contributed by atoms with Crippen molar-refractivity contribution in [3.05, 3.63) is 29.8 Å². The summed E-state index contributed by atoms with van der Waals surface area (Å²) in [6.07, 6.45) is 2.87. The van der Waals surface area contributed by atoms with E-state index in [4.69, 9.17) is 0 Å². The molecule has 0 spiro atoms. The summed E-state index contributed by atoms with van der Waals surface area (Å²) >= 11 is 4.30. The molecule has 2 rings (SSSR count). The highest BCUT2D eigenvalue weighted by Gasteiger charge is 2.42. The second kappa shape index (κ2) is 4.50. The number of hydrogen-bond acceptors (Lipinski definition) is 2. The van der Waals surface area contributed by atoms with E-state index < -0.39 is 0 Å². The molecule has 0 radical (unpaired) electrons. The van der Waals surface area contributed by atoms with Gasteiger partial charge in [-0.1, -0.05) is 12.1 Å². The van der Waals surface area contributed by atoms with Crippen molar-refractivity contribution in [2.75, 3.05) is 11.1 Å². The van der Waals surface area contributed by atoms with E-state index in [1.54, 1.807) is 0 Å². The van der Waals surface area contributed by atoms with Crippen LogP contribution in [0.15, 0.2) is 24.3 Å². The second-order valence-electron chi connectivity index (χ2n) is 4.75. The lowest BCUT2D eigenvalue weighted by Crippen LogP contribution is -2.18. The Bertz CT molecular complexity index is 399. The highest BCUT2D eigenvalue weighted by Crippen LogP contribution is 2.49. The average Bonchev–Trinajstić information content (AvgIpc) is 2.98. The highest BCUT2D eigenvalue weighted by atomic mass is 32.1. The molecule has 1 aromatic carbocycles. The average molecular weight is 235 g/mol. The van der Waals surface area contributed by atoms with Gasteiger partial charge in [-0.15, -0.1) is 0 Å². The standard InChI is InChI=1S/C13H17NOS/c1-10-3-2-4-11(7-10)14-12(15)8-13(9-16)5-6-13/h2-4,7,16H,5-6,8-9H2,1H3,(H,14,15). The first-order valence-corrected chi connectivity index (χ1v) is 6.24. The predicted octanol–water partition coefficient (Wildman–Crippen LogP) is 3.03. The molecular weight excluding hydrogens is 218 g/mol. The highest BCUT2D eigenvalue weighted by molar-refractivity contribution is 7.80. The molecule has 1 aromatic rings. The van der Waals surface area contributed by atoms with Crippen LogP contribution in [0.3, 0.4) is 0 Å². The molecule has 2 nitrogen and oxygen atoms in total. The number of thiol groups is 1. The third-order valence-corrected chi connectivity index (χ3v) is 3.80. The van der Waals surface area contributed by atoms with Gasteiger partial charge in [0.15, 0.2) is 0 Å². The lowest BCUT2D eigenvalue weighted by molar-refractivity contribution is -0.117. The molecule has 3 heteroatoms. The minimum Gasteiger partial charge on any atom is -0.326 e. The Hall–Kier alpha value is -0.960. The van der Waals surface area contributed by atoms with Crippen LogP contribution in [0, 0.1) is 12.3 Å². The number of carbonyl (C=O) groups is 1. The van der Waals surface area contributed by atoms with E-state index in [9.17, 15) is 4.79 Å². The number of carbonyl (C=O) groups excluding carboxylic acids is 1. The lowest BCUT2D eigenvalue weighted by atomic mass is 10.1. The van der Waals surface area contributed by atoms with Crippen LogP contribution in [0.5, 0.6) is 0 Å². The number of amides is 1. The molecule has 0 aliphatic heterocycles. The molecule has 1 aliphatic carbocycles. The summed E-state index contributed by atoms with van der Waals surface area (Å²) in [6.45, 7) is 2.02. The zero-order valence-corrected chi connectivity index (χ0v) is 10.4. The number of anilines is 1. The van der Waals surface area contributed by atoms with E-state index in [1.165, 1.54) is 0 Å². The van der Waals surface area contributed by atoms with Gasteiger partial charge < -0.3 is 5.32 Å². The van der Waals surface area contributed by atoms with Crippen LogP contribution in [-0.2, 0) is 4.79 Å². The Kier molecular flexibility index (Phi) is 3.24. The van der Waals surface area contributed by atoms with Crippen molar-refractivity contribution in [1.82, 2.24) is 0 Å². The number of aryl methyl sites for hydroxylation is 1. The Morgan fingerprint density at radius 1 is 1.50 bits per heavy atom. The van der Waals surface area contributed by atoms with E-state index in [0.717, 1.165) is 29.8 Å². The van der Waals surface area contributed by atoms with E-state index in [2.05, 4.69) is 17.9 Å². The third kappa shape index (κ3) is 2.79. The topological polar surface area (TPSA) is 29.1 Å². The Labute approximate surface area is 102 Å². The molecule has 0 unspecified atom stereocenters. The molecule has 1 saturated carbocycles. The van der Waals surface area contributed by atoms with Crippen LogP contribution in [0.2, 0.25) is 0 Å². The first-order valence-electron chi connectivity index (χ1n) is 5.61. The number of hydrogen-bond donors (Lipinski definition) is 2. The van der Waals surface area contributed by atoms with Gasteiger partial charge in [0.05, 0.1) is 0 Å². The first kappa shape index (κ1) is 11.5. The fraction of sp³-hybridized carbons (Fsp3) is 0.462. The third-order valence-electron chi connectivity index (χ3n) is 3.13. The SMILES string of the molecule is Cc1cccc(NC(=O)CC2(CS)CC2)c1.